The number of carbonyl (C=O) groups excluding carboxylic acids is 1. The molecule has 0 bridgehead atoms. The molecule has 0 aromatic heterocycles. The van der Waals surface area contributed by atoms with Crippen molar-refractivity contribution in [3.63, 3.8) is 0 Å². The van der Waals surface area contributed by atoms with Crippen LogP contribution in [-0.4, -0.2) is 38.5 Å². The summed E-state index contributed by atoms with van der Waals surface area (Å²) < 4.78 is 28.1. The van der Waals surface area contributed by atoms with E-state index >= 15 is 0 Å². The van der Waals surface area contributed by atoms with E-state index in [0.29, 0.717) is 10.8 Å². The number of benzene rings is 1. The van der Waals surface area contributed by atoms with E-state index in [4.69, 9.17) is 16.3 Å². The number of sulfone groups is 1. The average molecular weight is 320 g/mol. The molecular formula is C13H18ClNO4S. The maximum Gasteiger partial charge on any atom is 0.258 e. The molecule has 0 heterocycles. The molecule has 0 radical (unpaired) electrons. The summed E-state index contributed by atoms with van der Waals surface area (Å²) in [4.78, 5) is 11.6. The van der Waals surface area contributed by atoms with Gasteiger partial charge in [-0.3, -0.25) is 4.79 Å². The summed E-state index contributed by atoms with van der Waals surface area (Å²) in [5.74, 6) is 0.155. The third kappa shape index (κ3) is 6.25. The van der Waals surface area contributed by atoms with Gasteiger partial charge in [0.25, 0.3) is 5.91 Å². The van der Waals surface area contributed by atoms with Crippen molar-refractivity contribution in [2.45, 2.75) is 19.9 Å². The highest BCUT2D eigenvalue weighted by Gasteiger charge is 2.15. The highest BCUT2D eigenvalue weighted by Crippen LogP contribution is 2.15. The van der Waals surface area contributed by atoms with Crippen LogP contribution in [0.5, 0.6) is 5.75 Å². The lowest BCUT2D eigenvalue weighted by atomic mass is 10.3. The number of rotatable bonds is 7. The molecule has 0 aliphatic carbocycles. The van der Waals surface area contributed by atoms with Crippen LogP contribution in [0.2, 0.25) is 5.02 Å². The molecule has 0 aliphatic heterocycles. The van der Waals surface area contributed by atoms with Gasteiger partial charge in [0.15, 0.2) is 16.4 Å². The lowest BCUT2D eigenvalue weighted by molar-refractivity contribution is -0.123. The molecule has 1 rings (SSSR count). The van der Waals surface area contributed by atoms with Gasteiger partial charge in [0, 0.05) is 16.8 Å². The molecule has 1 aromatic carbocycles. The second kappa shape index (κ2) is 7.50. The predicted molar refractivity (Wildman–Crippen MR) is 78.9 cm³/mol. The number of ether oxygens (including phenoxy) is 1. The summed E-state index contributed by atoms with van der Waals surface area (Å²) in [5.41, 5.74) is 0. The van der Waals surface area contributed by atoms with E-state index < -0.39 is 15.9 Å². The minimum atomic E-state index is -3.11. The SMILES string of the molecule is CCS(=O)(=O)CC(C)NC(=O)COc1ccc(Cl)cc1. The standard InChI is InChI=1S/C13H18ClNO4S/c1-3-20(17,18)9-10(2)15-13(16)8-19-12-6-4-11(14)5-7-12/h4-7,10H,3,8-9H2,1-2H3,(H,15,16). The predicted octanol–water partition coefficient (Wildman–Crippen LogP) is 1.66. The molecule has 1 N–H and O–H groups in total. The first-order valence-corrected chi connectivity index (χ1v) is 8.40. The molecule has 1 unspecified atom stereocenters. The Balaban J connectivity index is 2.38. The van der Waals surface area contributed by atoms with Crippen LogP contribution < -0.4 is 10.1 Å². The van der Waals surface area contributed by atoms with E-state index in [1.165, 1.54) is 0 Å². The Morgan fingerprint density at radius 2 is 1.95 bits per heavy atom. The van der Waals surface area contributed by atoms with Gasteiger partial charge in [0.2, 0.25) is 0 Å². The largest absolute Gasteiger partial charge is 0.484 e. The van der Waals surface area contributed by atoms with Crippen molar-refractivity contribution in [3.8, 4) is 5.75 Å². The topological polar surface area (TPSA) is 72.5 Å². The lowest BCUT2D eigenvalue weighted by Gasteiger charge is -2.14. The Hall–Kier alpha value is -1.27. The number of amides is 1. The molecule has 5 nitrogen and oxygen atoms in total. The first-order chi connectivity index (χ1) is 9.32. The zero-order valence-electron chi connectivity index (χ0n) is 11.4. The van der Waals surface area contributed by atoms with Crippen LogP contribution in [0.3, 0.4) is 0 Å². The van der Waals surface area contributed by atoms with Crippen LogP contribution >= 0.6 is 11.6 Å². The highest BCUT2D eigenvalue weighted by molar-refractivity contribution is 7.91. The molecule has 1 amide bonds. The first-order valence-electron chi connectivity index (χ1n) is 6.20. The fourth-order valence-corrected chi connectivity index (χ4v) is 2.74. The molecule has 7 heteroatoms. The normalized spacial score (nSPS) is 12.8. The van der Waals surface area contributed by atoms with Crippen molar-refractivity contribution in [1.29, 1.82) is 0 Å². The molecule has 0 aliphatic rings. The van der Waals surface area contributed by atoms with Crippen molar-refractivity contribution >= 4 is 27.3 Å². The fourth-order valence-electron chi connectivity index (χ4n) is 1.54. The molecular weight excluding hydrogens is 302 g/mol. The van der Waals surface area contributed by atoms with E-state index in [1.807, 2.05) is 0 Å². The number of hydrogen-bond acceptors (Lipinski definition) is 4. The second-order valence-electron chi connectivity index (χ2n) is 4.41. The maximum absolute atomic E-state index is 11.6. The molecule has 1 atom stereocenters. The van der Waals surface area contributed by atoms with Crippen LogP contribution in [0.1, 0.15) is 13.8 Å². The second-order valence-corrected chi connectivity index (χ2v) is 7.24. The van der Waals surface area contributed by atoms with Crippen LogP contribution in [0.4, 0.5) is 0 Å². The number of hydrogen-bond donors (Lipinski definition) is 1. The molecule has 0 fully saturated rings. The lowest BCUT2D eigenvalue weighted by Crippen LogP contribution is -2.40. The Labute approximate surface area is 124 Å². The molecule has 0 saturated carbocycles. The molecule has 112 valence electrons. The monoisotopic (exact) mass is 319 g/mol. The minimum absolute atomic E-state index is 0.0640. The fraction of sp³-hybridized carbons (Fsp3) is 0.462. The Morgan fingerprint density at radius 3 is 2.50 bits per heavy atom. The van der Waals surface area contributed by atoms with E-state index in [0.717, 1.165) is 0 Å². The Bertz CT molecular complexity index is 542. The minimum Gasteiger partial charge on any atom is -0.484 e. The van der Waals surface area contributed by atoms with Gasteiger partial charge >= 0.3 is 0 Å². The molecule has 0 spiro atoms. The van der Waals surface area contributed by atoms with Crippen LogP contribution in [-0.2, 0) is 14.6 Å². The first kappa shape index (κ1) is 16.8. The smallest absolute Gasteiger partial charge is 0.258 e. The Kier molecular flexibility index (Phi) is 6.29. The number of halogens is 1. The maximum atomic E-state index is 11.6. The molecule has 0 saturated heterocycles. The summed E-state index contributed by atoms with van der Waals surface area (Å²) in [6.07, 6.45) is 0. The van der Waals surface area contributed by atoms with Gasteiger partial charge in [-0.1, -0.05) is 18.5 Å². The Morgan fingerprint density at radius 1 is 1.35 bits per heavy atom. The van der Waals surface area contributed by atoms with Crippen LogP contribution in [0, 0.1) is 0 Å². The van der Waals surface area contributed by atoms with Gasteiger partial charge in [0.1, 0.15) is 5.75 Å². The van der Waals surface area contributed by atoms with Crippen molar-refractivity contribution in [1.82, 2.24) is 5.32 Å². The summed E-state index contributed by atoms with van der Waals surface area (Å²) in [6, 6.07) is 6.18. The summed E-state index contributed by atoms with van der Waals surface area (Å²) in [5, 5.41) is 3.17. The van der Waals surface area contributed by atoms with E-state index in [9.17, 15) is 13.2 Å². The summed E-state index contributed by atoms with van der Waals surface area (Å²) in [6.45, 7) is 3.05. The van der Waals surface area contributed by atoms with Gasteiger partial charge in [-0.05, 0) is 31.2 Å². The van der Waals surface area contributed by atoms with Gasteiger partial charge in [-0.15, -0.1) is 0 Å². The third-order valence-electron chi connectivity index (χ3n) is 2.53. The van der Waals surface area contributed by atoms with Gasteiger partial charge in [-0.2, -0.15) is 0 Å². The van der Waals surface area contributed by atoms with E-state index in [-0.39, 0.29) is 24.0 Å². The average Bonchev–Trinajstić information content (AvgIpc) is 2.37. The van der Waals surface area contributed by atoms with Crippen LogP contribution in [0.25, 0.3) is 0 Å². The quantitative estimate of drug-likeness (QED) is 0.829. The van der Waals surface area contributed by atoms with Gasteiger partial charge < -0.3 is 10.1 Å². The van der Waals surface area contributed by atoms with Crippen molar-refractivity contribution < 1.29 is 17.9 Å². The molecule has 1 aromatic rings. The zero-order chi connectivity index (χ0) is 15.2. The summed E-state index contributed by atoms with van der Waals surface area (Å²) in [7, 11) is -3.11. The van der Waals surface area contributed by atoms with E-state index in [2.05, 4.69) is 5.32 Å². The highest BCUT2D eigenvalue weighted by atomic mass is 35.5. The van der Waals surface area contributed by atoms with Gasteiger partial charge in [-0.25, -0.2) is 8.42 Å². The van der Waals surface area contributed by atoms with Gasteiger partial charge in [0.05, 0.1) is 5.75 Å². The zero-order valence-corrected chi connectivity index (χ0v) is 13.0. The number of carbonyl (C=O) groups is 1. The van der Waals surface area contributed by atoms with Crippen molar-refractivity contribution in [2.24, 2.45) is 0 Å². The summed E-state index contributed by atoms with van der Waals surface area (Å²) >= 11 is 5.73. The van der Waals surface area contributed by atoms with Crippen LogP contribution in [0.15, 0.2) is 24.3 Å². The molecule has 20 heavy (non-hydrogen) atoms. The number of nitrogens with one attached hydrogen (secondary N) is 1. The third-order valence-corrected chi connectivity index (χ3v) is 4.67. The van der Waals surface area contributed by atoms with E-state index in [1.54, 1.807) is 38.1 Å². The van der Waals surface area contributed by atoms with Crippen molar-refractivity contribution in [3.05, 3.63) is 29.3 Å². The van der Waals surface area contributed by atoms with Crippen molar-refractivity contribution in [2.75, 3.05) is 18.1 Å².